The summed E-state index contributed by atoms with van der Waals surface area (Å²) in [4.78, 5) is 2.38. The number of hydrogen-bond donors (Lipinski definition) is 0. The van der Waals surface area contributed by atoms with Crippen molar-refractivity contribution in [2.24, 2.45) is 0 Å². The Morgan fingerprint density at radius 3 is 1.45 bits per heavy atom. The third kappa shape index (κ3) is 5.79. The molecule has 0 aliphatic rings. The van der Waals surface area contributed by atoms with E-state index in [1.54, 1.807) is 0 Å². The molecule has 3 aromatic rings. The van der Waals surface area contributed by atoms with Crippen molar-refractivity contribution in [2.45, 2.75) is 78.6 Å². The Morgan fingerprint density at radius 1 is 0.581 bits per heavy atom. The van der Waals surface area contributed by atoms with Crippen LogP contribution in [0.1, 0.15) is 88.8 Å². The number of aryl methyl sites for hydroxylation is 1. The molecule has 3 aromatic carbocycles. The predicted octanol–water partition coefficient (Wildman–Crippen LogP) is 9.53. The molecule has 0 amide bonds. The van der Waals surface area contributed by atoms with E-state index in [0.717, 1.165) is 6.42 Å². The van der Waals surface area contributed by atoms with Crippen LogP contribution >= 0.6 is 0 Å². The van der Waals surface area contributed by atoms with Gasteiger partial charge < -0.3 is 4.90 Å². The maximum atomic E-state index is 2.38. The van der Waals surface area contributed by atoms with Gasteiger partial charge in [0.1, 0.15) is 0 Å². The Labute approximate surface area is 190 Å². The molecule has 0 N–H and O–H groups in total. The van der Waals surface area contributed by atoms with E-state index in [4.69, 9.17) is 0 Å². The van der Waals surface area contributed by atoms with Crippen LogP contribution in [0.5, 0.6) is 0 Å². The van der Waals surface area contributed by atoms with E-state index in [1.807, 2.05) is 0 Å². The van der Waals surface area contributed by atoms with Gasteiger partial charge in [-0.2, -0.15) is 0 Å². The van der Waals surface area contributed by atoms with Crippen LogP contribution in [0.15, 0.2) is 72.8 Å². The molecule has 164 valence electrons. The molecule has 0 saturated heterocycles. The molecule has 0 fully saturated rings. The number of benzene rings is 3. The lowest BCUT2D eigenvalue weighted by molar-refractivity contribution is 0.665. The topological polar surface area (TPSA) is 3.24 Å². The minimum absolute atomic E-state index is 0.593. The van der Waals surface area contributed by atoms with Gasteiger partial charge in [-0.1, -0.05) is 83.9 Å². The fraction of sp³-hybridized carbons (Fsp3) is 0.400. The number of anilines is 3. The fourth-order valence-electron chi connectivity index (χ4n) is 4.29. The first kappa shape index (κ1) is 23.1. The molecular formula is C30H39N. The first-order valence-corrected chi connectivity index (χ1v) is 12.2. The highest BCUT2D eigenvalue weighted by atomic mass is 15.1. The van der Waals surface area contributed by atoms with Gasteiger partial charge >= 0.3 is 0 Å². The minimum atomic E-state index is 0.593. The average molecular weight is 414 g/mol. The molecule has 2 atom stereocenters. The number of hydrogen-bond acceptors (Lipinski definition) is 1. The van der Waals surface area contributed by atoms with Gasteiger partial charge in [0, 0.05) is 17.1 Å². The summed E-state index contributed by atoms with van der Waals surface area (Å²) in [5, 5.41) is 0. The van der Waals surface area contributed by atoms with E-state index in [1.165, 1.54) is 59.4 Å². The van der Waals surface area contributed by atoms with Gasteiger partial charge in [0.05, 0.1) is 0 Å². The Morgan fingerprint density at radius 2 is 1.03 bits per heavy atom. The monoisotopic (exact) mass is 413 g/mol. The molecule has 0 spiro atoms. The molecule has 3 rings (SSSR count). The molecule has 1 heteroatoms. The second-order valence-electron chi connectivity index (χ2n) is 8.93. The zero-order valence-electron chi connectivity index (χ0n) is 20.1. The summed E-state index contributed by atoms with van der Waals surface area (Å²) in [6, 6.07) is 27.4. The Bertz CT molecular complexity index is 906. The quantitative estimate of drug-likeness (QED) is 0.320. The summed E-state index contributed by atoms with van der Waals surface area (Å²) in [5.74, 6) is 1.20. The van der Waals surface area contributed by atoms with Gasteiger partial charge in [-0.25, -0.2) is 0 Å². The molecule has 0 bridgehead atoms. The maximum Gasteiger partial charge on any atom is 0.0461 e. The van der Waals surface area contributed by atoms with Crippen molar-refractivity contribution in [2.75, 3.05) is 4.90 Å². The highest BCUT2D eigenvalue weighted by Gasteiger charge is 2.14. The molecule has 1 nitrogen and oxygen atoms in total. The summed E-state index contributed by atoms with van der Waals surface area (Å²) in [7, 11) is 0. The smallest absolute Gasteiger partial charge is 0.0461 e. The maximum absolute atomic E-state index is 2.38. The second kappa shape index (κ2) is 11.2. The average Bonchev–Trinajstić information content (AvgIpc) is 2.81. The molecule has 0 saturated carbocycles. The van der Waals surface area contributed by atoms with Crippen molar-refractivity contribution in [3.8, 4) is 0 Å². The van der Waals surface area contributed by atoms with Crippen molar-refractivity contribution in [3.63, 3.8) is 0 Å². The molecule has 0 aromatic heterocycles. The molecule has 0 radical (unpaired) electrons. The Kier molecular flexibility index (Phi) is 8.35. The summed E-state index contributed by atoms with van der Waals surface area (Å²) >= 11 is 0. The van der Waals surface area contributed by atoms with Gasteiger partial charge in [-0.3, -0.25) is 0 Å². The van der Waals surface area contributed by atoms with E-state index in [-0.39, 0.29) is 0 Å². The molecule has 0 aliphatic heterocycles. The van der Waals surface area contributed by atoms with Crippen LogP contribution in [0.3, 0.4) is 0 Å². The minimum Gasteiger partial charge on any atom is -0.311 e. The van der Waals surface area contributed by atoms with Gasteiger partial charge in [-0.15, -0.1) is 0 Å². The van der Waals surface area contributed by atoms with Crippen molar-refractivity contribution in [1.29, 1.82) is 0 Å². The Balaban J connectivity index is 1.98. The largest absolute Gasteiger partial charge is 0.311 e. The molecule has 2 unspecified atom stereocenters. The van der Waals surface area contributed by atoms with E-state index < -0.39 is 0 Å². The lowest BCUT2D eigenvalue weighted by Gasteiger charge is -2.26. The first-order chi connectivity index (χ1) is 15.1. The van der Waals surface area contributed by atoms with E-state index in [9.17, 15) is 0 Å². The second-order valence-corrected chi connectivity index (χ2v) is 8.93. The van der Waals surface area contributed by atoms with Crippen LogP contribution in [0.25, 0.3) is 0 Å². The summed E-state index contributed by atoms with van der Waals surface area (Å²) in [6.07, 6.45) is 5.94. The van der Waals surface area contributed by atoms with Crippen molar-refractivity contribution in [3.05, 3.63) is 89.5 Å². The molecule has 31 heavy (non-hydrogen) atoms. The third-order valence-electron chi connectivity index (χ3n) is 6.51. The highest BCUT2D eigenvalue weighted by molar-refractivity contribution is 5.76. The first-order valence-electron chi connectivity index (χ1n) is 12.2. The lowest BCUT2D eigenvalue weighted by atomic mass is 9.96. The van der Waals surface area contributed by atoms with Crippen molar-refractivity contribution < 1.29 is 0 Å². The zero-order chi connectivity index (χ0) is 22.2. The van der Waals surface area contributed by atoms with Gasteiger partial charge in [0.2, 0.25) is 0 Å². The van der Waals surface area contributed by atoms with Crippen LogP contribution in [0, 0.1) is 0 Å². The highest BCUT2D eigenvalue weighted by Crippen LogP contribution is 2.36. The SMILES string of the molecule is CCCc1ccc(N(c2ccc(C(C)CC)cc2)c2ccc(C(C)CCC)cc2)cc1. The lowest BCUT2D eigenvalue weighted by Crippen LogP contribution is -2.10. The van der Waals surface area contributed by atoms with Crippen LogP contribution in [-0.4, -0.2) is 0 Å². The fourth-order valence-corrected chi connectivity index (χ4v) is 4.29. The summed E-state index contributed by atoms with van der Waals surface area (Å²) in [6.45, 7) is 11.4. The van der Waals surface area contributed by atoms with Gasteiger partial charge in [0.25, 0.3) is 0 Å². The van der Waals surface area contributed by atoms with Crippen LogP contribution in [0.4, 0.5) is 17.1 Å². The molecule has 0 heterocycles. The summed E-state index contributed by atoms with van der Waals surface area (Å²) in [5.41, 5.74) is 7.88. The van der Waals surface area contributed by atoms with Gasteiger partial charge in [0.15, 0.2) is 0 Å². The van der Waals surface area contributed by atoms with Gasteiger partial charge in [-0.05, 0) is 84.2 Å². The van der Waals surface area contributed by atoms with Crippen LogP contribution in [-0.2, 0) is 6.42 Å². The van der Waals surface area contributed by atoms with Crippen molar-refractivity contribution >= 4 is 17.1 Å². The number of rotatable bonds is 10. The summed E-state index contributed by atoms with van der Waals surface area (Å²) < 4.78 is 0. The standard InChI is InChI=1S/C30H39N/c1-6-9-24(5)27-15-21-30(22-16-27)31(28-17-11-25(10-7-2)12-18-28)29-19-13-26(14-20-29)23(4)8-3/h11-24H,6-10H2,1-5H3. The molecular weight excluding hydrogens is 374 g/mol. The molecule has 0 aliphatic carbocycles. The van der Waals surface area contributed by atoms with E-state index in [2.05, 4.69) is 112 Å². The number of nitrogens with zero attached hydrogens (tertiary/aromatic N) is 1. The van der Waals surface area contributed by atoms with Crippen molar-refractivity contribution in [1.82, 2.24) is 0 Å². The van der Waals surface area contributed by atoms with Crippen LogP contribution in [0.2, 0.25) is 0 Å². The normalized spacial score (nSPS) is 13.1. The van der Waals surface area contributed by atoms with E-state index in [0.29, 0.717) is 11.8 Å². The zero-order valence-corrected chi connectivity index (χ0v) is 20.1. The van der Waals surface area contributed by atoms with E-state index >= 15 is 0 Å². The third-order valence-corrected chi connectivity index (χ3v) is 6.51. The Hall–Kier alpha value is -2.54. The van der Waals surface area contributed by atoms with Crippen LogP contribution < -0.4 is 4.90 Å². The predicted molar refractivity (Wildman–Crippen MR) is 137 cm³/mol.